The molecule has 5 aliphatic rings. The molecule has 1 N–H and O–H groups in total. The van der Waals surface area contributed by atoms with Gasteiger partial charge in [0.1, 0.15) is 6.10 Å². The van der Waals surface area contributed by atoms with E-state index in [0.717, 1.165) is 44.9 Å². The molecule has 4 aliphatic carbocycles. The number of carbonyl (C=O) groups excluding carboxylic acids is 2. The molecule has 0 bridgehead atoms. The van der Waals surface area contributed by atoms with Gasteiger partial charge in [0.2, 0.25) is 0 Å². The van der Waals surface area contributed by atoms with Crippen molar-refractivity contribution >= 4 is 11.9 Å². The van der Waals surface area contributed by atoms with Crippen LogP contribution in [0.4, 0.5) is 0 Å². The average Bonchev–Trinajstić information content (AvgIpc) is 3.15. The molecule has 0 amide bonds. The van der Waals surface area contributed by atoms with E-state index in [-0.39, 0.29) is 45.6 Å². The van der Waals surface area contributed by atoms with Gasteiger partial charge in [0, 0.05) is 30.6 Å². The minimum Gasteiger partial charge on any atom is -0.465 e. The number of esters is 2. The molecule has 0 aromatic heterocycles. The molecule has 3 saturated carbocycles. The summed E-state index contributed by atoms with van der Waals surface area (Å²) in [4.78, 5) is 24.1. The predicted octanol–water partition coefficient (Wildman–Crippen LogP) is 5.03. The summed E-state index contributed by atoms with van der Waals surface area (Å²) in [5.74, 6) is 0.562. The standard InChI is InChI=1S/C29H44O6/c1-17(30)34-16-26(3)11-7-12-27(4)20(26)10-13-28(5)21-9-8-19-15-33-25(32)24(19)29(21,6)23(14-22(27)28)35-18(2)31/h8,20-25,32H,7,9-16H2,1-6H3/t20?,21?,22?,23-,24+,25+,26-,27-,28-,29+/m0/s1. The summed E-state index contributed by atoms with van der Waals surface area (Å²) in [7, 11) is 0. The van der Waals surface area contributed by atoms with Crippen molar-refractivity contribution < 1.29 is 28.9 Å². The SMILES string of the molecule is CC(=O)OC[C@]1(C)CCC[C@@]2(C)C1CC[C@]1(C)C2C[C@H](OC(C)=O)[C@@]2(C)C1CC=C1CO[C@@H](O)[C@@H]12. The molecule has 1 aliphatic heterocycles. The highest BCUT2D eigenvalue weighted by Gasteiger charge is 2.70. The highest BCUT2D eigenvalue weighted by atomic mass is 16.6. The molecule has 0 spiro atoms. The molecule has 5 rings (SSSR count). The summed E-state index contributed by atoms with van der Waals surface area (Å²) in [6.07, 6.45) is 8.54. The van der Waals surface area contributed by atoms with Gasteiger partial charge in [0.15, 0.2) is 6.29 Å². The Bertz CT molecular complexity index is 928. The van der Waals surface area contributed by atoms with Gasteiger partial charge < -0.3 is 19.3 Å². The lowest BCUT2D eigenvalue weighted by molar-refractivity contribution is -0.256. The van der Waals surface area contributed by atoms with Crippen LogP contribution in [0.3, 0.4) is 0 Å². The Morgan fingerprint density at radius 2 is 1.74 bits per heavy atom. The van der Waals surface area contributed by atoms with Crippen molar-refractivity contribution in [3.05, 3.63) is 11.6 Å². The van der Waals surface area contributed by atoms with Gasteiger partial charge in [-0.25, -0.2) is 0 Å². The van der Waals surface area contributed by atoms with Crippen LogP contribution in [0.5, 0.6) is 0 Å². The smallest absolute Gasteiger partial charge is 0.302 e. The highest BCUT2D eigenvalue weighted by molar-refractivity contribution is 5.66. The van der Waals surface area contributed by atoms with Crippen molar-refractivity contribution in [1.82, 2.24) is 0 Å². The van der Waals surface area contributed by atoms with Crippen LogP contribution in [-0.2, 0) is 23.8 Å². The molecule has 4 fully saturated rings. The van der Waals surface area contributed by atoms with Crippen molar-refractivity contribution in [2.45, 2.75) is 98.9 Å². The van der Waals surface area contributed by atoms with Gasteiger partial charge in [0.25, 0.3) is 0 Å². The van der Waals surface area contributed by atoms with E-state index < -0.39 is 6.29 Å². The Hall–Kier alpha value is -1.40. The van der Waals surface area contributed by atoms with Crippen molar-refractivity contribution in [2.24, 2.45) is 45.3 Å². The molecule has 1 heterocycles. The van der Waals surface area contributed by atoms with Gasteiger partial charge in [-0.05, 0) is 72.7 Å². The van der Waals surface area contributed by atoms with Crippen LogP contribution in [0.2, 0.25) is 0 Å². The second-order valence-electron chi connectivity index (χ2n) is 13.4. The molecule has 10 atom stereocenters. The number of allylic oxidation sites excluding steroid dienone is 1. The molecule has 35 heavy (non-hydrogen) atoms. The van der Waals surface area contributed by atoms with E-state index in [1.54, 1.807) is 0 Å². The third kappa shape index (κ3) is 3.56. The zero-order valence-corrected chi connectivity index (χ0v) is 22.4. The molecule has 6 nitrogen and oxygen atoms in total. The number of aliphatic hydroxyl groups excluding tert-OH is 1. The highest BCUT2D eigenvalue weighted by Crippen LogP contribution is 2.74. The Morgan fingerprint density at radius 3 is 2.43 bits per heavy atom. The number of hydrogen-bond donors (Lipinski definition) is 1. The first kappa shape index (κ1) is 25.3. The number of ether oxygens (including phenoxy) is 3. The second kappa shape index (κ2) is 8.31. The van der Waals surface area contributed by atoms with E-state index in [1.165, 1.54) is 19.4 Å². The lowest BCUT2D eigenvalue weighted by Gasteiger charge is -2.70. The maximum Gasteiger partial charge on any atom is 0.302 e. The maximum absolute atomic E-state index is 12.4. The fraction of sp³-hybridized carbons (Fsp3) is 0.862. The number of hydrogen-bond acceptors (Lipinski definition) is 6. The second-order valence-corrected chi connectivity index (χ2v) is 13.4. The van der Waals surface area contributed by atoms with E-state index >= 15 is 0 Å². The fourth-order valence-corrected chi connectivity index (χ4v) is 10.3. The molecular weight excluding hydrogens is 444 g/mol. The molecule has 0 radical (unpaired) electrons. The summed E-state index contributed by atoms with van der Waals surface area (Å²) in [5.41, 5.74) is 0.916. The Labute approximate surface area is 210 Å². The van der Waals surface area contributed by atoms with Crippen molar-refractivity contribution in [3.63, 3.8) is 0 Å². The molecule has 196 valence electrons. The van der Waals surface area contributed by atoms with Crippen LogP contribution in [0.25, 0.3) is 0 Å². The zero-order chi connectivity index (χ0) is 25.4. The van der Waals surface area contributed by atoms with Gasteiger partial charge in [-0.1, -0.05) is 40.2 Å². The van der Waals surface area contributed by atoms with Gasteiger partial charge in [0.05, 0.1) is 13.2 Å². The topological polar surface area (TPSA) is 82.1 Å². The minimum atomic E-state index is -0.846. The first-order valence-electron chi connectivity index (χ1n) is 13.7. The first-order valence-corrected chi connectivity index (χ1v) is 13.7. The fourth-order valence-electron chi connectivity index (χ4n) is 10.3. The molecule has 3 unspecified atom stereocenters. The summed E-state index contributed by atoms with van der Waals surface area (Å²) in [5, 5.41) is 10.9. The monoisotopic (exact) mass is 488 g/mol. The van der Waals surface area contributed by atoms with E-state index in [2.05, 4.69) is 33.8 Å². The molecule has 6 heteroatoms. The summed E-state index contributed by atoms with van der Waals surface area (Å²) in [6, 6.07) is 0. The summed E-state index contributed by atoms with van der Waals surface area (Å²) in [6.45, 7) is 13.5. The third-order valence-corrected chi connectivity index (χ3v) is 11.7. The summed E-state index contributed by atoms with van der Waals surface area (Å²) >= 11 is 0. The molecule has 1 saturated heterocycles. The lowest BCUT2D eigenvalue weighted by atomic mass is 9.34. The Morgan fingerprint density at radius 1 is 1.03 bits per heavy atom. The van der Waals surface area contributed by atoms with E-state index in [1.807, 2.05) is 0 Å². The van der Waals surface area contributed by atoms with Gasteiger partial charge in [-0.2, -0.15) is 0 Å². The van der Waals surface area contributed by atoms with Crippen LogP contribution in [-0.4, -0.2) is 42.7 Å². The van der Waals surface area contributed by atoms with Crippen LogP contribution < -0.4 is 0 Å². The van der Waals surface area contributed by atoms with E-state index in [0.29, 0.717) is 31.0 Å². The van der Waals surface area contributed by atoms with Crippen molar-refractivity contribution in [3.8, 4) is 0 Å². The summed E-state index contributed by atoms with van der Waals surface area (Å²) < 4.78 is 17.5. The maximum atomic E-state index is 12.4. The van der Waals surface area contributed by atoms with Crippen LogP contribution in [0.1, 0.15) is 86.5 Å². The van der Waals surface area contributed by atoms with Crippen LogP contribution in [0.15, 0.2) is 11.6 Å². The number of aliphatic hydroxyl groups is 1. The normalized spacial score (nSPS) is 50.7. The van der Waals surface area contributed by atoms with Gasteiger partial charge in [-0.15, -0.1) is 0 Å². The van der Waals surface area contributed by atoms with E-state index in [4.69, 9.17) is 14.2 Å². The number of rotatable bonds is 3. The van der Waals surface area contributed by atoms with Crippen molar-refractivity contribution in [2.75, 3.05) is 13.2 Å². The molecule has 0 aromatic rings. The first-order chi connectivity index (χ1) is 16.4. The third-order valence-electron chi connectivity index (χ3n) is 11.7. The average molecular weight is 489 g/mol. The number of carbonyl (C=O) groups is 2. The molecule has 0 aromatic carbocycles. The van der Waals surface area contributed by atoms with Crippen LogP contribution in [0, 0.1) is 45.3 Å². The molecular formula is C29H44O6. The zero-order valence-electron chi connectivity index (χ0n) is 22.4. The quantitative estimate of drug-likeness (QED) is 0.443. The minimum absolute atomic E-state index is 0.0349. The predicted molar refractivity (Wildman–Crippen MR) is 131 cm³/mol. The Balaban J connectivity index is 1.56. The Kier molecular flexibility index (Phi) is 5.99. The van der Waals surface area contributed by atoms with Gasteiger partial charge >= 0.3 is 11.9 Å². The van der Waals surface area contributed by atoms with Crippen molar-refractivity contribution in [1.29, 1.82) is 0 Å². The van der Waals surface area contributed by atoms with Crippen LogP contribution >= 0.6 is 0 Å². The largest absolute Gasteiger partial charge is 0.465 e. The lowest BCUT2D eigenvalue weighted by Crippen LogP contribution is -2.67. The van der Waals surface area contributed by atoms with Gasteiger partial charge in [-0.3, -0.25) is 9.59 Å². The number of fused-ring (bicyclic) bond motifs is 7. The van der Waals surface area contributed by atoms with E-state index in [9.17, 15) is 14.7 Å².